The summed E-state index contributed by atoms with van der Waals surface area (Å²) in [5, 5.41) is 2.28. The Balaban J connectivity index is 2.36. The molecule has 0 radical (unpaired) electrons. The molecule has 1 heterocycles. The zero-order valence-corrected chi connectivity index (χ0v) is 11.9. The number of halogens is 3. The lowest BCUT2D eigenvalue weighted by Gasteiger charge is -2.27. The second-order valence-corrected chi connectivity index (χ2v) is 4.88. The highest BCUT2D eigenvalue weighted by Crippen LogP contribution is 2.32. The molecule has 0 spiro atoms. The van der Waals surface area contributed by atoms with Crippen LogP contribution in [0.3, 0.4) is 0 Å². The summed E-state index contributed by atoms with van der Waals surface area (Å²) in [6.07, 6.45) is -4.60. The van der Waals surface area contributed by atoms with Gasteiger partial charge in [-0.15, -0.1) is 0 Å². The van der Waals surface area contributed by atoms with Gasteiger partial charge in [-0.1, -0.05) is 0 Å². The van der Waals surface area contributed by atoms with E-state index in [0.29, 0.717) is 26.3 Å². The van der Waals surface area contributed by atoms with E-state index in [1.54, 1.807) is 0 Å². The Labute approximate surface area is 125 Å². The summed E-state index contributed by atoms with van der Waals surface area (Å²) < 4.78 is 43.9. The first-order chi connectivity index (χ1) is 10.3. The van der Waals surface area contributed by atoms with Crippen molar-refractivity contribution in [2.75, 3.05) is 31.6 Å². The van der Waals surface area contributed by atoms with E-state index in [1.165, 1.54) is 17.9 Å². The van der Waals surface area contributed by atoms with Crippen LogP contribution < -0.4 is 5.32 Å². The van der Waals surface area contributed by atoms with E-state index in [4.69, 9.17) is 4.74 Å². The molecular weight excluding hydrogens is 301 g/mol. The first-order valence-corrected chi connectivity index (χ1v) is 6.64. The average molecular weight is 316 g/mol. The second-order valence-electron chi connectivity index (χ2n) is 4.88. The smallest absolute Gasteiger partial charge is 0.378 e. The third-order valence-electron chi connectivity index (χ3n) is 3.13. The molecule has 1 aromatic rings. The van der Waals surface area contributed by atoms with Gasteiger partial charge >= 0.3 is 6.18 Å². The molecule has 120 valence electrons. The normalized spacial score (nSPS) is 15.5. The average Bonchev–Trinajstić information content (AvgIpc) is 2.45. The number of carbonyl (C=O) groups is 2. The van der Waals surface area contributed by atoms with Crippen LogP contribution in [0.2, 0.25) is 0 Å². The lowest BCUT2D eigenvalue weighted by atomic mass is 10.1. The van der Waals surface area contributed by atoms with E-state index >= 15 is 0 Å². The van der Waals surface area contributed by atoms with E-state index in [-0.39, 0.29) is 11.3 Å². The Bertz CT molecular complexity index is 581. The van der Waals surface area contributed by atoms with Crippen molar-refractivity contribution >= 4 is 17.5 Å². The predicted octanol–water partition coefficient (Wildman–Crippen LogP) is 2.14. The number of hydrogen-bond donors (Lipinski definition) is 1. The number of morpholine rings is 1. The van der Waals surface area contributed by atoms with E-state index in [9.17, 15) is 22.8 Å². The first-order valence-electron chi connectivity index (χ1n) is 6.64. The quantitative estimate of drug-likeness (QED) is 0.909. The van der Waals surface area contributed by atoms with Gasteiger partial charge in [-0.2, -0.15) is 13.2 Å². The minimum absolute atomic E-state index is 0.0565. The monoisotopic (exact) mass is 316 g/mol. The van der Waals surface area contributed by atoms with E-state index in [2.05, 4.69) is 5.32 Å². The third-order valence-corrected chi connectivity index (χ3v) is 3.13. The van der Waals surface area contributed by atoms with Gasteiger partial charge in [0.15, 0.2) is 0 Å². The SMILES string of the molecule is CC(=O)Nc1cc(C(=O)N2CCOCC2)cc(C(F)(F)F)c1. The van der Waals surface area contributed by atoms with Crippen LogP contribution in [0.25, 0.3) is 0 Å². The highest BCUT2D eigenvalue weighted by Gasteiger charge is 2.32. The topological polar surface area (TPSA) is 58.6 Å². The Morgan fingerprint density at radius 3 is 2.36 bits per heavy atom. The standard InChI is InChI=1S/C14H15F3N2O3/c1-9(20)18-12-7-10(6-11(8-12)14(15,16)17)13(21)19-2-4-22-5-3-19/h6-8H,2-5H2,1H3,(H,18,20). The van der Waals surface area contributed by atoms with E-state index in [0.717, 1.165) is 12.1 Å². The second kappa shape index (κ2) is 6.35. The maximum absolute atomic E-state index is 12.9. The van der Waals surface area contributed by atoms with Gasteiger partial charge in [-0.3, -0.25) is 9.59 Å². The van der Waals surface area contributed by atoms with Crippen LogP contribution in [-0.2, 0) is 15.7 Å². The van der Waals surface area contributed by atoms with Gasteiger partial charge in [0, 0.05) is 31.3 Å². The summed E-state index contributed by atoms with van der Waals surface area (Å²) in [4.78, 5) is 24.8. The Kier molecular flexibility index (Phi) is 4.70. The third kappa shape index (κ3) is 3.97. The number of amides is 2. The number of rotatable bonds is 2. The molecule has 0 aliphatic carbocycles. The van der Waals surface area contributed by atoms with Crippen LogP contribution in [0.1, 0.15) is 22.8 Å². The largest absolute Gasteiger partial charge is 0.416 e. The lowest BCUT2D eigenvalue weighted by molar-refractivity contribution is -0.137. The molecule has 2 rings (SSSR count). The van der Waals surface area contributed by atoms with Gasteiger partial charge < -0.3 is 15.0 Å². The zero-order valence-electron chi connectivity index (χ0n) is 11.9. The van der Waals surface area contributed by atoms with Crippen LogP contribution >= 0.6 is 0 Å². The molecule has 1 aliphatic rings. The molecule has 8 heteroatoms. The van der Waals surface area contributed by atoms with Crippen LogP contribution in [0, 0.1) is 0 Å². The fraction of sp³-hybridized carbons (Fsp3) is 0.429. The maximum Gasteiger partial charge on any atom is 0.416 e. The molecular formula is C14H15F3N2O3. The summed E-state index contributed by atoms with van der Waals surface area (Å²) in [6, 6.07) is 2.84. The fourth-order valence-corrected chi connectivity index (χ4v) is 2.14. The van der Waals surface area contributed by atoms with Gasteiger partial charge in [-0.25, -0.2) is 0 Å². The highest BCUT2D eigenvalue weighted by molar-refractivity contribution is 5.97. The van der Waals surface area contributed by atoms with E-state index in [1.807, 2.05) is 0 Å². The molecule has 1 aromatic carbocycles. The number of benzene rings is 1. The summed E-state index contributed by atoms with van der Waals surface area (Å²) in [5.74, 6) is -1.02. The first kappa shape index (κ1) is 16.3. The summed E-state index contributed by atoms with van der Waals surface area (Å²) in [7, 11) is 0. The minimum atomic E-state index is -4.60. The van der Waals surface area contributed by atoms with Crippen LogP contribution in [0.5, 0.6) is 0 Å². The molecule has 0 atom stereocenters. The minimum Gasteiger partial charge on any atom is -0.378 e. The van der Waals surface area contributed by atoms with Crippen molar-refractivity contribution in [2.45, 2.75) is 13.1 Å². The molecule has 1 fully saturated rings. The molecule has 1 aliphatic heterocycles. The van der Waals surface area contributed by atoms with Crippen LogP contribution in [0.4, 0.5) is 18.9 Å². The predicted molar refractivity (Wildman–Crippen MR) is 72.5 cm³/mol. The summed E-state index contributed by atoms with van der Waals surface area (Å²) in [6.45, 7) is 2.53. The van der Waals surface area contributed by atoms with E-state index < -0.39 is 23.6 Å². The highest BCUT2D eigenvalue weighted by atomic mass is 19.4. The molecule has 5 nitrogen and oxygen atoms in total. The molecule has 0 aromatic heterocycles. The number of nitrogens with one attached hydrogen (secondary N) is 1. The van der Waals surface area contributed by atoms with Gasteiger partial charge in [0.05, 0.1) is 18.8 Å². The van der Waals surface area contributed by atoms with Gasteiger partial charge in [-0.05, 0) is 18.2 Å². The Hall–Kier alpha value is -2.09. The van der Waals surface area contributed by atoms with Gasteiger partial charge in [0.25, 0.3) is 5.91 Å². The summed E-state index contributed by atoms with van der Waals surface area (Å²) >= 11 is 0. The summed E-state index contributed by atoms with van der Waals surface area (Å²) in [5.41, 5.74) is -1.14. The van der Waals surface area contributed by atoms with Crippen molar-refractivity contribution < 1.29 is 27.5 Å². The molecule has 0 saturated carbocycles. The molecule has 0 bridgehead atoms. The molecule has 1 N–H and O–H groups in total. The lowest BCUT2D eigenvalue weighted by Crippen LogP contribution is -2.40. The van der Waals surface area contributed by atoms with Crippen LogP contribution in [0.15, 0.2) is 18.2 Å². The molecule has 1 saturated heterocycles. The number of hydrogen-bond acceptors (Lipinski definition) is 3. The zero-order chi connectivity index (χ0) is 16.3. The van der Waals surface area contributed by atoms with Crippen LogP contribution in [-0.4, -0.2) is 43.0 Å². The Morgan fingerprint density at radius 1 is 1.18 bits per heavy atom. The number of ether oxygens (including phenoxy) is 1. The number of nitrogens with zero attached hydrogens (tertiary/aromatic N) is 1. The van der Waals surface area contributed by atoms with Crippen molar-refractivity contribution in [1.82, 2.24) is 4.90 Å². The molecule has 22 heavy (non-hydrogen) atoms. The molecule has 2 amide bonds. The number of anilines is 1. The van der Waals surface area contributed by atoms with Gasteiger partial charge in [0.2, 0.25) is 5.91 Å². The molecule has 0 unspecified atom stereocenters. The number of alkyl halides is 3. The fourth-order valence-electron chi connectivity index (χ4n) is 2.14. The van der Waals surface area contributed by atoms with Crippen molar-refractivity contribution in [2.24, 2.45) is 0 Å². The van der Waals surface area contributed by atoms with Crippen molar-refractivity contribution in [3.63, 3.8) is 0 Å². The van der Waals surface area contributed by atoms with Crippen molar-refractivity contribution in [3.05, 3.63) is 29.3 Å². The van der Waals surface area contributed by atoms with Gasteiger partial charge in [0.1, 0.15) is 0 Å². The maximum atomic E-state index is 12.9. The number of carbonyl (C=O) groups excluding carboxylic acids is 2. The Morgan fingerprint density at radius 2 is 1.82 bits per heavy atom. The van der Waals surface area contributed by atoms with Crippen molar-refractivity contribution in [1.29, 1.82) is 0 Å². The van der Waals surface area contributed by atoms with Crippen molar-refractivity contribution in [3.8, 4) is 0 Å².